The Labute approximate surface area is 45.4 Å². The van der Waals surface area contributed by atoms with Gasteiger partial charge in [0.05, 0.1) is 0 Å². The van der Waals surface area contributed by atoms with E-state index in [0.29, 0.717) is 11.2 Å². The summed E-state index contributed by atoms with van der Waals surface area (Å²) in [7, 11) is 0. The van der Waals surface area contributed by atoms with Crippen molar-refractivity contribution in [2.24, 2.45) is 5.92 Å². The molecule has 0 aliphatic carbocycles. The Morgan fingerprint density at radius 3 is 1.67 bits per heavy atom. The Kier molecular flexibility index (Phi) is 2.66. The second kappa shape index (κ2) is 2.51. The highest BCUT2D eigenvalue weighted by Crippen LogP contribution is 2.04. The molecule has 2 atom stereocenters. The van der Waals surface area contributed by atoms with Gasteiger partial charge in [-0.2, -0.15) is 12.6 Å². The van der Waals surface area contributed by atoms with Gasteiger partial charge in [-0.25, -0.2) is 0 Å². The topological polar surface area (TPSA) is 0 Å². The molecule has 0 amide bonds. The highest BCUT2D eigenvalue weighted by atomic mass is 32.1. The molecule has 0 heterocycles. The van der Waals surface area contributed by atoms with Crippen molar-refractivity contribution in [1.29, 1.82) is 0 Å². The minimum Gasteiger partial charge on any atom is -0.176 e. The summed E-state index contributed by atoms with van der Waals surface area (Å²) in [5.41, 5.74) is 0. The van der Waals surface area contributed by atoms with Crippen LogP contribution in [0, 0.1) is 12.8 Å². The number of thiol groups is 1. The van der Waals surface area contributed by atoms with Gasteiger partial charge in [-0.15, -0.1) is 0 Å². The minimum atomic E-state index is 0.435. The Balaban J connectivity index is 2.99. The van der Waals surface area contributed by atoms with E-state index in [-0.39, 0.29) is 0 Å². The van der Waals surface area contributed by atoms with Crippen LogP contribution in [0.15, 0.2) is 0 Å². The average Bonchev–Trinajstić information content (AvgIpc) is 1.36. The van der Waals surface area contributed by atoms with Gasteiger partial charge in [-0.1, -0.05) is 13.8 Å². The predicted molar refractivity (Wildman–Crippen MR) is 33.0 cm³/mol. The zero-order valence-electron chi connectivity index (χ0n) is 4.31. The van der Waals surface area contributed by atoms with Crippen molar-refractivity contribution in [1.82, 2.24) is 0 Å². The SMILES string of the molecule is [CH2]C(C)C(C)S. The summed E-state index contributed by atoms with van der Waals surface area (Å²) in [6.45, 7) is 7.86. The van der Waals surface area contributed by atoms with Crippen LogP contribution in [0.25, 0.3) is 0 Å². The molecule has 0 N–H and O–H groups in total. The van der Waals surface area contributed by atoms with Crippen molar-refractivity contribution >= 4 is 12.6 Å². The molecule has 37 valence electrons. The monoisotopic (exact) mass is 103 g/mol. The van der Waals surface area contributed by atoms with Crippen LogP contribution < -0.4 is 0 Å². The molecule has 1 radical (unpaired) electrons. The summed E-state index contributed by atoms with van der Waals surface area (Å²) in [6.07, 6.45) is 0. The molecular formula is C5H11S. The van der Waals surface area contributed by atoms with Gasteiger partial charge >= 0.3 is 0 Å². The fraction of sp³-hybridized carbons (Fsp3) is 0.800. The quantitative estimate of drug-likeness (QED) is 0.480. The summed E-state index contributed by atoms with van der Waals surface area (Å²) in [4.78, 5) is 0. The highest BCUT2D eigenvalue weighted by molar-refractivity contribution is 7.80. The molecular weight excluding hydrogens is 92.1 g/mol. The Hall–Kier alpha value is 0.350. The third-order valence-electron chi connectivity index (χ3n) is 0.824. The lowest BCUT2D eigenvalue weighted by molar-refractivity contribution is 0.716. The maximum atomic E-state index is 4.13. The molecule has 1 heteroatoms. The molecule has 6 heavy (non-hydrogen) atoms. The van der Waals surface area contributed by atoms with Gasteiger partial charge in [-0.05, 0) is 12.8 Å². The van der Waals surface area contributed by atoms with Crippen molar-refractivity contribution in [3.63, 3.8) is 0 Å². The van der Waals surface area contributed by atoms with Gasteiger partial charge in [0.1, 0.15) is 0 Å². The van der Waals surface area contributed by atoms with Crippen LogP contribution >= 0.6 is 12.6 Å². The lowest BCUT2D eigenvalue weighted by atomic mass is 10.2. The second-order valence-corrected chi connectivity index (χ2v) is 2.53. The fourth-order valence-corrected chi connectivity index (χ4v) is 0. The van der Waals surface area contributed by atoms with Crippen molar-refractivity contribution in [2.45, 2.75) is 19.1 Å². The van der Waals surface area contributed by atoms with E-state index in [1.54, 1.807) is 0 Å². The van der Waals surface area contributed by atoms with Crippen molar-refractivity contribution in [3.05, 3.63) is 6.92 Å². The predicted octanol–water partition coefficient (Wildman–Crippen LogP) is 1.77. The van der Waals surface area contributed by atoms with Gasteiger partial charge in [0, 0.05) is 5.25 Å². The van der Waals surface area contributed by atoms with E-state index in [2.05, 4.69) is 26.5 Å². The van der Waals surface area contributed by atoms with Gasteiger partial charge < -0.3 is 0 Å². The summed E-state index contributed by atoms with van der Waals surface area (Å²) in [6, 6.07) is 0. The Bertz CT molecular complexity index is 24.9. The average molecular weight is 103 g/mol. The Morgan fingerprint density at radius 1 is 1.50 bits per heavy atom. The van der Waals surface area contributed by atoms with Crippen molar-refractivity contribution in [2.75, 3.05) is 0 Å². The van der Waals surface area contributed by atoms with Gasteiger partial charge in [0.25, 0.3) is 0 Å². The maximum absolute atomic E-state index is 4.13. The molecule has 0 bridgehead atoms. The fourth-order valence-electron chi connectivity index (χ4n) is 0. The number of rotatable bonds is 1. The van der Waals surface area contributed by atoms with Crippen LogP contribution in [0.3, 0.4) is 0 Å². The van der Waals surface area contributed by atoms with E-state index in [4.69, 9.17) is 0 Å². The standard InChI is InChI=1S/C5H11S/c1-4(2)5(3)6/h4-6H,1H2,2-3H3. The van der Waals surface area contributed by atoms with E-state index >= 15 is 0 Å². The van der Waals surface area contributed by atoms with E-state index in [1.807, 2.05) is 6.92 Å². The molecule has 0 aromatic rings. The van der Waals surface area contributed by atoms with Gasteiger partial charge in [-0.3, -0.25) is 0 Å². The first-order valence-electron chi connectivity index (χ1n) is 2.15. The zero-order valence-corrected chi connectivity index (χ0v) is 5.20. The van der Waals surface area contributed by atoms with Crippen LogP contribution in [0.2, 0.25) is 0 Å². The molecule has 0 fully saturated rings. The lowest BCUT2D eigenvalue weighted by Crippen LogP contribution is -2.00. The van der Waals surface area contributed by atoms with Crippen molar-refractivity contribution in [3.8, 4) is 0 Å². The Morgan fingerprint density at radius 2 is 1.67 bits per heavy atom. The summed E-state index contributed by atoms with van der Waals surface area (Å²) in [5, 5.41) is 0.435. The van der Waals surface area contributed by atoms with Crippen LogP contribution in [0.5, 0.6) is 0 Å². The van der Waals surface area contributed by atoms with E-state index in [1.165, 1.54) is 0 Å². The molecule has 0 rings (SSSR count). The molecule has 0 aliphatic rings. The molecule has 0 nitrogen and oxygen atoms in total. The normalized spacial score (nSPS) is 15.5. The number of hydrogen-bond donors (Lipinski definition) is 1. The minimum absolute atomic E-state index is 0.435. The summed E-state index contributed by atoms with van der Waals surface area (Å²) in [5.74, 6) is 0.466. The smallest absolute Gasteiger partial charge is 0.00141 e. The van der Waals surface area contributed by atoms with Crippen LogP contribution in [-0.2, 0) is 0 Å². The van der Waals surface area contributed by atoms with Crippen LogP contribution in [0.4, 0.5) is 0 Å². The van der Waals surface area contributed by atoms with Gasteiger partial charge in [0.2, 0.25) is 0 Å². The van der Waals surface area contributed by atoms with Crippen molar-refractivity contribution < 1.29 is 0 Å². The molecule has 2 unspecified atom stereocenters. The summed E-state index contributed by atoms with van der Waals surface area (Å²) < 4.78 is 0. The maximum Gasteiger partial charge on any atom is 0.00141 e. The third kappa shape index (κ3) is 2.58. The van der Waals surface area contributed by atoms with Gasteiger partial charge in [0.15, 0.2) is 0 Å². The lowest BCUT2D eigenvalue weighted by Gasteiger charge is -2.04. The van der Waals surface area contributed by atoms with E-state index in [0.717, 1.165) is 0 Å². The van der Waals surface area contributed by atoms with Crippen LogP contribution in [0.1, 0.15) is 13.8 Å². The first-order chi connectivity index (χ1) is 2.64. The molecule has 0 saturated heterocycles. The molecule has 0 aromatic heterocycles. The molecule has 0 saturated carbocycles. The summed E-state index contributed by atoms with van der Waals surface area (Å²) >= 11 is 4.13. The first kappa shape index (κ1) is 6.35. The molecule has 0 aliphatic heterocycles. The first-order valence-corrected chi connectivity index (χ1v) is 2.67. The molecule has 0 spiro atoms. The van der Waals surface area contributed by atoms with E-state index < -0.39 is 0 Å². The van der Waals surface area contributed by atoms with E-state index in [9.17, 15) is 0 Å². The molecule has 0 aromatic carbocycles. The number of hydrogen-bond acceptors (Lipinski definition) is 1. The third-order valence-corrected chi connectivity index (χ3v) is 1.33. The highest BCUT2D eigenvalue weighted by Gasteiger charge is 1.96. The largest absolute Gasteiger partial charge is 0.176 e. The zero-order chi connectivity index (χ0) is 5.15. The second-order valence-electron chi connectivity index (χ2n) is 1.72. The van der Waals surface area contributed by atoms with Crippen LogP contribution in [-0.4, -0.2) is 5.25 Å².